The van der Waals surface area contributed by atoms with Gasteiger partial charge in [0.15, 0.2) is 0 Å². The molecule has 1 unspecified atom stereocenters. The first kappa shape index (κ1) is 27.8. The molecule has 3 nitrogen and oxygen atoms in total. The van der Waals surface area contributed by atoms with Crippen molar-refractivity contribution >= 4 is 32.4 Å². The third-order valence-corrected chi connectivity index (χ3v) is 9.76. The van der Waals surface area contributed by atoms with Crippen molar-refractivity contribution in [2.24, 2.45) is 11.8 Å². The maximum absolute atomic E-state index is 6.80. The lowest BCUT2D eigenvalue weighted by atomic mass is 9.70. The summed E-state index contributed by atoms with van der Waals surface area (Å²) >= 11 is 0. The third kappa shape index (κ3) is 4.82. The molecule has 3 fully saturated rings. The molecule has 8 rings (SSSR count). The summed E-state index contributed by atoms with van der Waals surface area (Å²) in [5, 5.41) is 6.56. The van der Waals surface area contributed by atoms with E-state index in [1.165, 1.54) is 44.5 Å². The monoisotopic (exact) mass is 604 g/mol. The van der Waals surface area contributed by atoms with Crippen LogP contribution in [0.1, 0.15) is 30.1 Å². The van der Waals surface area contributed by atoms with Crippen LogP contribution in [0.15, 0.2) is 116 Å². The Labute approximate surface area is 253 Å². The molecular formula is C37H37BrN2O. The van der Waals surface area contributed by atoms with E-state index in [0.29, 0.717) is 24.5 Å². The quantitative estimate of drug-likeness (QED) is 0.134. The molecule has 0 N–H and O–H groups in total. The van der Waals surface area contributed by atoms with Crippen molar-refractivity contribution in [1.29, 1.82) is 0 Å². The van der Waals surface area contributed by atoms with Gasteiger partial charge >= 0.3 is 0 Å². The first-order valence-corrected chi connectivity index (χ1v) is 14.6. The fourth-order valence-corrected chi connectivity index (χ4v) is 7.90. The molecular weight excluding hydrogens is 568 g/mol. The number of benzene rings is 4. The highest BCUT2D eigenvalue weighted by Gasteiger charge is 2.54. The fraction of sp³-hybridized carbons (Fsp3) is 0.270. The first-order chi connectivity index (χ1) is 19.7. The van der Waals surface area contributed by atoms with E-state index in [9.17, 15) is 0 Å². The average Bonchev–Trinajstić information content (AvgIpc) is 3.01. The minimum atomic E-state index is -0.0410. The lowest BCUT2D eigenvalue weighted by Crippen LogP contribution is -3.00. The number of hydrogen-bond donors (Lipinski definition) is 0. The van der Waals surface area contributed by atoms with Gasteiger partial charge in [0, 0.05) is 35.9 Å². The summed E-state index contributed by atoms with van der Waals surface area (Å²) in [6.45, 7) is 12.1. The van der Waals surface area contributed by atoms with E-state index in [1.54, 1.807) is 0 Å². The van der Waals surface area contributed by atoms with Crippen LogP contribution in [0.3, 0.4) is 0 Å². The number of rotatable bonds is 8. The zero-order valence-corrected chi connectivity index (χ0v) is 25.0. The van der Waals surface area contributed by atoms with E-state index in [2.05, 4.69) is 109 Å². The number of aromatic nitrogens is 1. The van der Waals surface area contributed by atoms with Crippen LogP contribution in [-0.2, 0) is 11.3 Å². The highest BCUT2D eigenvalue weighted by Crippen LogP contribution is 2.50. The number of hydrogen-bond acceptors (Lipinski definition) is 2. The van der Waals surface area contributed by atoms with Gasteiger partial charge in [0.2, 0.25) is 0 Å². The molecule has 5 aromatic rings. The second-order valence-electron chi connectivity index (χ2n) is 11.8. The van der Waals surface area contributed by atoms with Crippen LogP contribution in [0.2, 0.25) is 0 Å². The molecule has 208 valence electrons. The van der Waals surface area contributed by atoms with Gasteiger partial charge in [-0.25, -0.2) is 0 Å². The van der Waals surface area contributed by atoms with Crippen molar-refractivity contribution < 1.29 is 26.2 Å². The molecule has 5 atom stereocenters. The molecule has 3 aliphatic heterocycles. The lowest BCUT2D eigenvalue weighted by molar-refractivity contribution is -0.984. The number of fused-ring (bicyclic) bond motifs is 6. The Hall–Kier alpha value is -3.31. The van der Waals surface area contributed by atoms with Gasteiger partial charge in [0.1, 0.15) is 18.7 Å². The Morgan fingerprint density at radius 1 is 0.902 bits per heavy atom. The molecule has 4 heterocycles. The highest BCUT2D eigenvalue weighted by atomic mass is 79.9. The Bertz CT molecular complexity index is 1670. The van der Waals surface area contributed by atoms with Gasteiger partial charge in [-0.05, 0) is 51.2 Å². The number of para-hydroxylation sites is 1. The van der Waals surface area contributed by atoms with Crippen LogP contribution in [0.4, 0.5) is 0 Å². The number of halogens is 1. The molecule has 4 aromatic carbocycles. The second-order valence-corrected chi connectivity index (χ2v) is 11.8. The highest BCUT2D eigenvalue weighted by molar-refractivity contribution is 6.02. The van der Waals surface area contributed by atoms with Crippen molar-refractivity contribution in [3.8, 4) is 0 Å². The number of quaternary nitrogens is 1. The SMILES string of the molecule is C=CCO[C@@H](c1ccnc2ccccc12)[C@H]1C[C@H]2CC[N+]1(Cc1c3ccccc3cc3ccccc13)C[C@@H]2C=C.[Br-]. The average molecular weight is 606 g/mol. The Morgan fingerprint density at radius 2 is 1.59 bits per heavy atom. The summed E-state index contributed by atoms with van der Waals surface area (Å²) in [6.07, 6.45) is 8.41. The number of pyridine rings is 1. The smallest absolute Gasteiger partial charge is 0.135 e. The van der Waals surface area contributed by atoms with Crippen LogP contribution in [0.5, 0.6) is 0 Å². The van der Waals surface area contributed by atoms with Gasteiger partial charge in [0.05, 0.1) is 25.2 Å². The van der Waals surface area contributed by atoms with Crippen molar-refractivity contribution in [2.45, 2.75) is 31.5 Å². The molecule has 3 saturated heterocycles. The van der Waals surface area contributed by atoms with E-state index in [0.717, 1.165) is 36.1 Å². The molecule has 0 aliphatic carbocycles. The Kier molecular flexibility index (Phi) is 7.82. The van der Waals surface area contributed by atoms with Gasteiger partial charge < -0.3 is 26.2 Å². The molecule has 0 spiro atoms. The van der Waals surface area contributed by atoms with E-state index < -0.39 is 0 Å². The Balaban J connectivity index is 0.00000302. The first-order valence-electron chi connectivity index (χ1n) is 14.6. The third-order valence-electron chi connectivity index (χ3n) is 9.76. The number of nitrogens with zero attached hydrogens (tertiary/aromatic N) is 2. The summed E-state index contributed by atoms with van der Waals surface area (Å²) in [6, 6.07) is 31.2. The van der Waals surface area contributed by atoms with Gasteiger partial charge in [-0.3, -0.25) is 4.98 Å². The van der Waals surface area contributed by atoms with E-state index >= 15 is 0 Å². The molecule has 1 aromatic heterocycles. The van der Waals surface area contributed by atoms with Gasteiger partial charge in [-0.2, -0.15) is 0 Å². The van der Waals surface area contributed by atoms with Crippen LogP contribution in [0.25, 0.3) is 32.4 Å². The summed E-state index contributed by atoms with van der Waals surface area (Å²) in [7, 11) is 0. The summed E-state index contributed by atoms with van der Waals surface area (Å²) < 4.78 is 7.81. The minimum absolute atomic E-state index is 0. The van der Waals surface area contributed by atoms with E-state index in [1.807, 2.05) is 12.3 Å². The molecule has 4 heteroatoms. The summed E-state index contributed by atoms with van der Waals surface area (Å²) in [5.74, 6) is 1.18. The molecule has 0 amide bonds. The second kappa shape index (κ2) is 11.5. The minimum Gasteiger partial charge on any atom is -1.00 e. The molecule has 3 aliphatic rings. The normalized spacial score (nSPS) is 24.2. The molecule has 2 bridgehead atoms. The van der Waals surface area contributed by atoms with E-state index in [4.69, 9.17) is 4.74 Å². The molecule has 41 heavy (non-hydrogen) atoms. The van der Waals surface area contributed by atoms with Gasteiger partial charge in [0.25, 0.3) is 0 Å². The van der Waals surface area contributed by atoms with Crippen LogP contribution < -0.4 is 17.0 Å². The molecule has 0 saturated carbocycles. The predicted octanol–water partition coefficient (Wildman–Crippen LogP) is 5.40. The standard InChI is InChI=1S/C37H37N2O.BrH/c1-3-21-40-37(33-17-19-38-35-16-10-9-15-32(33)35)36-23-27-18-20-39(36,24-26(27)4-2)25-34-30-13-7-5-11-28(30)22-29-12-6-8-14-31(29)34;/h3-17,19,22,26-27,36-37H,1-2,18,20-21,23-25H2;1H/q+1;/p-1/t26-,27+,36+,37-,39?;/m0./s1. The largest absolute Gasteiger partial charge is 1.00 e. The lowest BCUT2D eigenvalue weighted by Gasteiger charge is -2.58. The summed E-state index contributed by atoms with van der Waals surface area (Å²) in [5.41, 5.74) is 3.74. The number of piperidine rings is 3. The maximum Gasteiger partial charge on any atom is 0.135 e. The van der Waals surface area contributed by atoms with Crippen LogP contribution >= 0.6 is 0 Å². The number of ether oxygens (including phenoxy) is 1. The topological polar surface area (TPSA) is 22.1 Å². The van der Waals surface area contributed by atoms with Gasteiger partial charge in [-0.1, -0.05) is 78.9 Å². The van der Waals surface area contributed by atoms with E-state index in [-0.39, 0.29) is 23.1 Å². The Morgan fingerprint density at radius 3 is 2.29 bits per heavy atom. The predicted molar refractivity (Wildman–Crippen MR) is 166 cm³/mol. The van der Waals surface area contributed by atoms with Crippen LogP contribution in [-0.4, -0.2) is 35.2 Å². The zero-order chi connectivity index (χ0) is 27.1. The fourth-order valence-electron chi connectivity index (χ4n) is 7.90. The van der Waals surface area contributed by atoms with Crippen molar-refractivity contribution in [1.82, 2.24) is 4.98 Å². The van der Waals surface area contributed by atoms with Crippen molar-refractivity contribution in [3.63, 3.8) is 0 Å². The van der Waals surface area contributed by atoms with Gasteiger partial charge in [-0.15, -0.1) is 13.2 Å². The van der Waals surface area contributed by atoms with Crippen molar-refractivity contribution in [2.75, 3.05) is 19.7 Å². The maximum atomic E-state index is 6.80. The van der Waals surface area contributed by atoms with Crippen LogP contribution in [0, 0.1) is 11.8 Å². The van der Waals surface area contributed by atoms with Crippen molar-refractivity contribution in [3.05, 3.63) is 128 Å². The molecule has 0 radical (unpaired) electrons. The zero-order valence-electron chi connectivity index (χ0n) is 23.5. The summed E-state index contributed by atoms with van der Waals surface area (Å²) in [4.78, 5) is 4.68.